The SMILES string of the molecule is CCOC(=O)c1ccc(S(=O)(=O)N2CCC(C(=O)OC(C)C(=O)NC3CCCCC3)CC2)cc1. The summed E-state index contributed by atoms with van der Waals surface area (Å²) in [5, 5.41) is 2.96. The van der Waals surface area contributed by atoms with Gasteiger partial charge in [-0.05, 0) is 63.8 Å². The Balaban J connectivity index is 1.50. The number of rotatable bonds is 8. The van der Waals surface area contributed by atoms with E-state index < -0.39 is 34.0 Å². The summed E-state index contributed by atoms with van der Waals surface area (Å²) in [6.45, 7) is 3.84. The number of carbonyl (C=O) groups excluding carboxylic acids is 3. The molecule has 188 valence electrons. The summed E-state index contributed by atoms with van der Waals surface area (Å²) in [5.41, 5.74) is 0.281. The monoisotopic (exact) mass is 494 g/mol. The van der Waals surface area contributed by atoms with E-state index in [-0.39, 0.29) is 42.1 Å². The molecule has 34 heavy (non-hydrogen) atoms. The van der Waals surface area contributed by atoms with Crippen LogP contribution >= 0.6 is 0 Å². The first kappa shape index (κ1) is 26.2. The number of nitrogens with one attached hydrogen (secondary N) is 1. The van der Waals surface area contributed by atoms with E-state index in [1.165, 1.54) is 35.0 Å². The van der Waals surface area contributed by atoms with Gasteiger partial charge in [0.05, 0.1) is 23.0 Å². The van der Waals surface area contributed by atoms with Crippen LogP contribution in [-0.2, 0) is 29.1 Å². The van der Waals surface area contributed by atoms with Crippen molar-refractivity contribution in [1.82, 2.24) is 9.62 Å². The van der Waals surface area contributed by atoms with Crippen LogP contribution < -0.4 is 5.32 Å². The van der Waals surface area contributed by atoms with Crippen LogP contribution in [0.5, 0.6) is 0 Å². The molecule has 1 heterocycles. The van der Waals surface area contributed by atoms with Crippen molar-refractivity contribution in [2.75, 3.05) is 19.7 Å². The van der Waals surface area contributed by atoms with Crippen molar-refractivity contribution in [1.29, 1.82) is 0 Å². The van der Waals surface area contributed by atoms with Crippen molar-refractivity contribution in [3.05, 3.63) is 29.8 Å². The molecule has 10 heteroatoms. The molecule has 9 nitrogen and oxygen atoms in total. The summed E-state index contributed by atoms with van der Waals surface area (Å²) in [5.74, 6) is -1.72. The third-order valence-electron chi connectivity index (χ3n) is 6.40. The van der Waals surface area contributed by atoms with Gasteiger partial charge in [-0.15, -0.1) is 0 Å². The minimum absolute atomic E-state index is 0.0783. The van der Waals surface area contributed by atoms with E-state index in [4.69, 9.17) is 9.47 Å². The van der Waals surface area contributed by atoms with E-state index >= 15 is 0 Å². The minimum Gasteiger partial charge on any atom is -0.462 e. The standard InChI is InChI=1S/C24H34N2O7S/c1-3-32-23(28)18-9-11-21(12-10-18)34(30,31)26-15-13-19(14-16-26)24(29)33-17(2)22(27)25-20-7-5-4-6-8-20/h9-12,17,19-20H,3-8,13-16H2,1-2H3,(H,25,27). The molecule has 2 fully saturated rings. The molecule has 1 aromatic rings. The molecule has 1 atom stereocenters. The number of esters is 2. The van der Waals surface area contributed by atoms with Gasteiger partial charge in [0, 0.05) is 19.1 Å². The van der Waals surface area contributed by atoms with Gasteiger partial charge in [0.25, 0.3) is 5.91 Å². The van der Waals surface area contributed by atoms with E-state index in [1.54, 1.807) is 13.8 Å². The second-order valence-electron chi connectivity index (χ2n) is 8.85. The number of carbonyl (C=O) groups is 3. The van der Waals surface area contributed by atoms with Crippen molar-refractivity contribution in [2.24, 2.45) is 5.92 Å². The predicted molar refractivity (Wildman–Crippen MR) is 124 cm³/mol. The number of benzene rings is 1. The Morgan fingerprint density at radius 1 is 1.03 bits per heavy atom. The van der Waals surface area contributed by atoms with Crippen LogP contribution in [0.15, 0.2) is 29.2 Å². The van der Waals surface area contributed by atoms with Gasteiger partial charge in [0.2, 0.25) is 10.0 Å². The summed E-state index contributed by atoms with van der Waals surface area (Å²) in [6.07, 6.45) is 5.02. The van der Waals surface area contributed by atoms with E-state index in [1.807, 2.05) is 0 Å². The van der Waals surface area contributed by atoms with Gasteiger partial charge in [-0.3, -0.25) is 9.59 Å². The number of ether oxygens (including phenoxy) is 2. The van der Waals surface area contributed by atoms with Gasteiger partial charge in [-0.1, -0.05) is 19.3 Å². The Morgan fingerprint density at radius 2 is 1.65 bits per heavy atom. The van der Waals surface area contributed by atoms with Gasteiger partial charge in [-0.2, -0.15) is 4.31 Å². The lowest BCUT2D eigenvalue weighted by molar-refractivity contribution is -0.160. The highest BCUT2D eigenvalue weighted by molar-refractivity contribution is 7.89. The van der Waals surface area contributed by atoms with Crippen molar-refractivity contribution in [2.45, 2.75) is 75.8 Å². The molecule has 1 amide bonds. The van der Waals surface area contributed by atoms with Crippen LogP contribution in [0.2, 0.25) is 0 Å². The van der Waals surface area contributed by atoms with E-state index in [9.17, 15) is 22.8 Å². The maximum absolute atomic E-state index is 13.0. The highest BCUT2D eigenvalue weighted by Crippen LogP contribution is 2.25. The fourth-order valence-electron chi connectivity index (χ4n) is 4.35. The zero-order valence-corrected chi connectivity index (χ0v) is 20.6. The first-order chi connectivity index (χ1) is 16.2. The lowest BCUT2D eigenvalue weighted by Crippen LogP contribution is -2.44. The topological polar surface area (TPSA) is 119 Å². The first-order valence-corrected chi connectivity index (χ1v) is 13.4. The Bertz CT molecular complexity index is 964. The molecular weight excluding hydrogens is 460 g/mol. The van der Waals surface area contributed by atoms with E-state index in [0.717, 1.165) is 25.7 Å². The Kier molecular flexibility index (Phi) is 9.07. The third kappa shape index (κ3) is 6.56. The highest BCUT2D eigenvalue weighted by atomic mass is 32.2. The van der Waals surface area contributed by atoms with Crippen molar-refractivity contribution in [3.8, 4) is 0 Å². The molecule has 1 aromatic carbocycles. The van der Waals surface area contributed by atoms with Gasteiger partial charge >= 0.3 is 11.9 Å². The first-order valence-electron chi connectivity index (χ1n) is 12.0. The van der Waals surface area contributed by atoms with Crippen molar-refractivity contribution in [3.63, 3.8) is 0 Å². The minimum atomic E-state index is -3.75. The van der Waals surface area contributed by atoms with Crippen LogP contribution in [0.1, 0.15) is 69.2 Å². The number of amides is 1. The van der Waals surface area contributed by atoms with Gasteiger partial charge < -0.3 is 14.8 Å². The maximum Gasteiger partial charge on any atom is 0.338 e. The number of hydrogen-bond acceptors (Lipinski definition) is 7. The second-order valence-corrected chi connectivity index (χ2v) is 10.8. The van der Waals surface area contributed by atoms with Gasteiger partial charge in [0.1, 0.15) is 0 Å². The largest absolute Gasteiger partial charge is 0.462 e. The van der Waals surface area contributed by atoms with E-state index in [2.05, 4.69) is 5.32 Å². The molecule has 2 aliphatic rings. The van der Waals surface area contributed by atoms with Gasteiger partial charge in [0.15, 0.2) is 6.10 Å². The van der Waals surface area contributed by atoms with E-state index in [0.29, 0.717) is 12.8 Å². The lowest BCUT2D eigenvalue weighted by Gasteiger charge is -2.31. The highest BCUT2D eigenvalue weighted by Gasteiger charge is 2.34. The number of nitrogens with zero attached hydrogens (tertiary/aromatic N) is 1. The van der Waals surface area contributed by atoms with Crippen LogP contribution in [0.25, 0.3) is 0 Å². The number of piperidine rings is 1. The Hall–Kier alpha value is -2.46. The zero-order valence-electron chi connectivity index (χ0n) is 19.8. The van der Waals surface area contributed by atoms with Crippen molar-refractivity contribution < 1.29 is 32.3 Å². The molecule has 1 aliphatic heterocycles. The molecule has 1 saturated carbocycles. The average molecular weight is 495 g/mol. The summed E-state index contributed by atoms with van der Waals surface area (Å²) in [6, 6.07) is 5.76. The molecule has 0 spiro atoms. The molecule has 0 bridgehead atoms. The summed E-state index contributed by atoms with van der Waals surface area (Å²) in [4.78, 5) is 36.8. The molecule has 1 saturated heterocycles. The fourth-order valence-corrected chi connectivity index (χ4v) is 5.82. The summed E-state index contributed by atoms with van der Waals surface area (Å²) < 4.78 is 37.6. The second kappa shape index (κ2) is 11.8. The fraction of sp³-hybridized carbons (Fsp3) is 0.625. The lowest BCUT2D eigenvalue weighted by atomic mass is 9.95. The molecular formula is C24H34N2O7S. The quantitative estimate of drug-likeness (QED) is 0.552. The molecule has 0 radical (unpaired) electrons. The maximum atomic E-state index is 13.0. The molecule has 1 unspecified atom stereocenters. The Morgan fingerprint density at radius 3 is 2.24 bits per heavy atom. The summed E-state index contributed by atoms with van der Waals surface area (Å²) in [7, 11) is -3.75. The summed E-state index contributed by atoms with van der Waals surface area (Å²) >= 11 is 0. The van der Waals surface area contributed by atoms with Crippen LogP contribution in [0.4, 0.5) is 0 Å². The van der Waals surface area contributed by atoms with Gasteiger partial charge in [-0.25, -0.2) is 13.2 Å². The third-order valence-corrected chi connectivity index (χ3v) is 8.32. The zero-order chi connectivity index (χ0) is 24.7. The normalized spacial score (nSPS) is 19.2. The Labute approximate surface area is 201 Å². The van der Waals surface area contributed by atoms with Crippen LogP contribution in [-0.4, -0.2) is 62.4 Å². The number of sulfonamides is 1. The smallest absolute Gasteiger partial charge is 0.338 e. The number of hydrogen-bond donors (Lipinski definition) is 1. The average Bonchev–Trinajstić information content (AvgIpc) is 2.85. The van der Waals surface area contributed by atoms with Crippen LogP contribution in [0, 0.1) is 5.92 Å². The molecule has 1 aliphatic carbocycles. The predicted octanol–water partition coefficient (Wildman–Crippen LogP) is 2.64. The molecule has 0 aromatic heterocycles. The van der Waals surface area contributed by atoms with Crippen molar-refractivity contribution >= 4 is 27.9 Å². The van der Waals surface area contributed by atoms with Crippen LogP contribution in [0.3, 0.4) is 0 Å². The molecule has 1 N–H and O–H groups in total. The molecule has 3 rings (SSSR count).